The van der Waals surface area contributed by atoms with Crippen molar-refractivity contribution in [3.8, 4) is 22.1 Å². The first kappa shape index (κ1) is 28.8. The monoisotopic (exact) mass is 654 g/mol. The van der Waals surface area contributed by atoms with Gasteiger partial charge in [0.1, 0.15) is 51.3 Å². The van der Waals surface area contributed by atoms with Crippen LogP contribution in [0.5, 0.6) is 0 Å². The van der Waals surface area contributed by atoms with Crippen LogP contribution in [-0.2, 0) is 18.9 Å². The third-order valence-corrected chi connectivity index (χ3v) is 9.71. The van der Waals surface area contributed by atoms with E-state index in [4.69, 9.17) is 42.1 Å². The highest BCUT2D eigenvalue weighted by Gasteiger charge is 2.52. The van der Waals surface area contributed by atoms with Crippen molar-refractivity contribution in [1.82, 2.24) is 29.9 Å². The van der Waals surface area contributed by atoms with E-state index in [9.17, 15) is 0 Å². The molecule has 0 N–H and O–H groups in total. The summed E-state index contributed by atoms with van der Waals surface area (Å²) in [5.41, 5.74) is 2.41. The van der Waals surface area contributed by atoms with Crippen LogP contribution in [0.1, 0.15) is 17.9 Å². The minimum Gasteiger partial charge on any atom is -0.375 e. The quantitative estimate of drug-likeness (QED) is 0.197. The van der Waals surface area contributed by atoms with E-state index < -0.39 is 36.1 Å². The zero-order valence-electron chi connectivity index (χ0n) is 22.6. The first-order valence-corrected chi connectivity index (χ1v) is 15.9. The number of methoxy groups -OCH3 is 1. The molecule has 10 nitrogen and oxygen atoms in total. The smallest absolute Gasteiger partial charge is 0.184 e. The molecule has 0 bridgehead atoms. The lowest BCUT2D eigenvalue weighted by atomic mass is 9.96. The molecule has 2 aliphatic heterocycles. The molecule has 2 fully saturated rings. The van der Waals surface area contributed by atoms with Crippen LogP contribution < -0.4 is 0 Å². The van der Waals surface area contributed by atoms with E-state index in [1.807, 2.05) is 60.8 Å². The molecule has 0 saturated carbocycles. The van der Waals surface area contributed by atoms with Crippen molar-refractivity contribution >= 4 is 46.3 Å². The third kappa shape index (κ3) is 5.94. The maximum atomic E-state index is 6.67. The Labute approximate surface area is 265 Å². The number of aromatic nitrogens is 6. The summed E-state index contributed by atoms with van der Waals surface area (Å²) in [5, 5.41) is 12.3. The van der Waals surface area contributed by atoms with Crippen LogP contribution >= 0.6 is 46.3 Å². The van der Waals surface area contributed by atoms with Crippen LogP contribution in [0.15, 0.2) is 83.5 Å². The molecule has 2 saturated heterocycles. The molecule has 7 rings (SSSR count). The predicted octanol–water partition coefficient (Wildman–Crippen LogP) is 6.35. The number of thiazole rings is 1. The number of halogens is 2. The number of thioether (sulfide) groups is 1. The highest BCUT2D eigenvalue weighted by Crippen LogP contribution is 2.46. The highest BCUT2D eigenvalue weighted by atomic mass is 35.5. The van der Waals surface area contributed by atoms with Crippen LogP contribution in [0.3, 0.4) is 0 Å². The summed E-state index contributed by atoms with van der Waals surface area (Å²) in [6, 6.07) is 16.9. The molecule has 43 heavy (non-hydrogen) atoms. The minimum absolute atomic E-state index is 0.304. The van der Waals surface area contributed by atoms with Crippen molar-refractivity contribution in [1.29, 1.82) is 0 Å². The Balaban J connectivity index is 1.26. The van der Waals surface area contributed by atoms with Gasteiger partial charge in [-0.2, -0.15) is 0 Å². The van der Waals surface area contributed by atoms with Gasteiger partial charge in [0, 0.05) is 35.3 Å². The first-order valence-electron chi connectivity index (χ1n) is 13.3. The lowest BCUT2D eigenvalue weighted by Crippen LogP contribution is -2.59. The predicted molar refractivity (Wildman–Crippen MR) is 163 cm³/mol. The summed E-state index contributed by atoms with van der Waals surface area (Å²) in [4.78, 5) is 14.3. The molecule has 2 aliphatic rings. The van der Waals surface area contributed by atoms with Gasteiger partial charge in [-0.15, -0.1) is 16.4 Å². The van der Waals surface area contributed by atoms with E-state index in [0.717, 1.165) is 16.2 Å². The number of pyridine rings is 2. The first-order chi connectivity index (χ1) is 21.1. The molecule has 220 valence electrons. The van der Waals surface area contributed by atoms with Crippen molar-refractivity contribution in [2.75, 3.05) is 13.7 Å². The second-order valence-corrected chi connectivity index (χ2v) is 12.6. The molecule has 6 heterocycles. The van der Waals surface area contributed by atoms with E-state index >= 15 is 0 Å². The molecule has 1 aromatic carbocycles. The number of ether oxygens (including phenoxy) is 4. The molecule has 0 spiro atoms. The van der Waals surface area contributed by atoms with Gasteiger partial charge in [0.15, 0.2) is 6.29 Å². The van der Waals surface area contributed by atoms with E-state index in [2.05, 4.69) is 25.3 Å². The van der Waals surface area contributed by atoms with Gasteiger partial charge in [-0.05, 0) is 18.2 Å². The summed E-state index contributed by atoms with van der Waals surface area (Å²) in [6.07, 6.45) is 3.18. The second-order valence-electron chi connectivity index (χ2n) is 9.80. The molecule has 0 aliphatic carbocycles. The maximum absolute atomic E-state index is 6.67. The fraction of sp³-hybridized carbons (Fsp3) is 0.276. The zero-order chi connectivity index (χ0) is 29.3. The highest BCUT2D eigenvalue weighted by molar-refractivity contribution is 8.00. The van der Waals surface area contributed by atoms with Gasteiger partial charge in [0.05, 0.1) is 23.5 Å². The van der Waals surface area contributed by atoms with Crippen molar-refractivity contribution < 1.29 is 18.9 Å². The van der Waals surface area contributed by atoms with E-state index in [0.29, 0.717) is 33.2 Å². The fourth-order valence-electron chi connectivity index (χ4n) is 5.22. The van der Waals surface area contributed by atoms with Crippen molar-refractivity contribution in [3.05, 3.63) is 94.3 Å². The summed E-state index contributed by atoms with van der Waals surface area (Å²) in [5.74, 6) is 0. The molecular formula is C29H24Cl2N6O4S2. The van der Waals surface area contributed by atoms with Crippen molar-refractivity contribution in [2.45, 2.75) is 41.0 Å². The summed E-state index contributed by atoms with van der Waals surface area (Å²) < 4.78 is 27.4. The van der Waals surface area contributed by atoms with Gasteiger partial charge in [-0.3, -0.25) is 9.97 Å². The van der Waals surface area contributed by atoms with Gasteiger partial charge < -0.3 is 18.9 Å². The van der Waals surface area contributed by atoms with Crippen LogP contribution in [-0.4, -0.2) is 67.4 Å². The van der Waals surface area contributed by atoms with Crippen LogP contribution in [0.25, 0.3) is 22.1 Å². The minimum atomic E-state index is -0.580. The molecular weight excluding hydrogens is 631 g/mol. The number of benzene rings is 1. The number of hydrogen-bond donors (Lipinski definition) is 0. The molecule has 4 aromatic heterocycles. The molecule has 0 amide bonds. The molecule has 14 heteroatoms. The van der Waals surface area contributed by atoms with Crippen molar-refractivity contribution in [3.63, 3.8) is 0 Å². The Hall–Kier alpha value is -2.94. The van der Waals surface area contributed by atoms with Crippen LogP contribution in [0, 0.1) is 0 Å². The molecule has 6 atom stereocenters. The average molecular weight is 656 g/mol. The lowest BCUT2D eigenvalue weighted by molar-refractivity contribution is -0.308. The van der Waals surface area contributed by atoms with Gasteiger partial charge >= 0.3 is 0 Å². The van der Waals surface area contributed by atoms with Crippen LogP contribution in [0.4, 0.5) is 0 Å². The Morgan fingerprint density at radius 1 is 1.05 bits per heavy atom. The average Bonchev–Trinajstić information content (AvgIpc) is 3.70. The third-order valence-electron chi connectivity index (χ3n) is 7.13. The van der Waals surface area contributed by atoms with E-state index in [1.165, 1.54) is 23.1 Å². The number of rotatable bonds is 7. The van der Waals surface area contributed by atoms with E-state index in [-0.39, 0.29) is 0 Å². The number of fused-ring (bicyclic) bond motifs is 1. The molecule has 0 radical (unpaired) electrons. The Kier molecular flexibility index (Phi) is 8.43. The molecule has 3 unspecified atom stereocenters. The number of hydrogen-bond acceptors (Lipinski definition) is 11. The van der Waals surface area contributed by atoms with Crippen molar-refractivity contribution in [2.24, 2.45) is 0 Å². The normalized spacial score (nSPS) is 25.4. The van der Waals surface area contributed by atoms with Gasteiger partial charge in [-0.25, -0.2) is 9.67 Å². The summed E-state index contributed by atoms with van der Waals surface area (Å²) in [6.45, 7) is 0.304. The zero-order valence-corrected chi connectivity index (χ0v) is 25.7. The van der Waals surface area contributed by atoms with Gasteiger partial charge in [0.25, 0.3) is 0 Å². The summed E-state index contributed by atoms with van der Waals surface area (Å²) >= 11 is 15.4. The molecule has 5 aromatic rings. The van der Waals surface area contributed by atoms with Crippen LogP contribution in [0.2, 0.25) is 10.2 Å². The number of nitrogens with zero attached hydrogens (tertiary/aromatic N) is 6. The second kappa shape index (κ2) is 12.6. The Morgan fingerprint density at radius 2 is 1.91 bits per heavy atom. The topological polar surface area (TPSA) is 106 Å². The summed E-state index contributed by atoms with van der Waals surface area (Å²) in [7, 11) is 1.65. The van der Waals surface area contributed by atoms with E-state index in [1.54, 1.807) is 29.6 Å². The van der Waals surface area contributed by atoms with Gasteiger partial charge in [-0.1, -0.05) is 76.6 Å². The standard InChI is InChI=1S/C29H24Cl2N6O4S2/c1-38-26-24(37-13-19(35-36-37)27-34-22(31)15-42-27)25-20(14-39-28(41-25)16-7-3-2-4-8-16)40-29(26)43-21-11-17(30)12-33-23(21)18-9-5-6-10-32-18/h2-13,15,20,24-26,28-29H,14H2,1H3/t20?,24-,25-,26?,28?,29+/m0/s1. The lowest BCUT2D eigenvalue weighted by Gasteiger charge is -2.48. The fourth-order valence-corrected chi connectivity index (χ4v) is 7.65. The Bertz CT molecular complexity index is 1690. The maximum Gasteiger partial charge on any atom is 0.184 e. The van der Waals surface area contributed by atoms with Gasteiger partial charge in [0.2, 0.25) is 0 Å². The SMILES string of the molecule is COC1[C@@H](Sc2cc(Cl)cnc2-c2ccccn2)OC2COC(c3ccccc3)O[C@@H]2[C@@H]1n1cc(-c2nc(Cl)cs2)nn1. The largest absolute Gasteiger partial charge is 0.375 e. The Morgan fingerprint density at radius 3 is 2.67 bits per heavy atom.